The molecule has 84 valence electrons. The van der Waals surface area contributed by atoms with E-state index in [4.69, 9.17) is 11.6 Å². The van der Waals surface area contributed by atoms with Crippen LogP contribution in [0.5, 0.6) is 0 Å². The lowest BCUT2D eigenvalue weighted by molar-refractivity contribution is 0.466. The van der Waals surface area contributed by atoms with Gasteiger partial charge in [0.15, 0.2) is 0 Å². The Balaban J connectivity index is 2.25. The molecule has 1 aromatic rings. The first-order valence-corrected chi connectivity index (χ1v) is 7.45. The third kappa shape index (κ3) is 2.06. The van der Waals surface area contributed by atoms with Crippen molar-refractivity contribution in [3.8, 4) is 0 Å². The second kappa shape index (κ2) is 4.05. The van der Waals surface area contributed by atoms with Crippen LogP contribution < -0.4 is 0 Å². The van der Waals surface area contributed by atoms with E-state index in [0.29, 0.717) is 17.3 Å². The summed E-state index contributed by atoms with van der Waals surface area (Å²) < 4.78 is 26.0. The minimum atomic E-state index is -3.29. The Bertz CT molecular complexity index is 419. The summed E-state index contributed by atoms with van der Waals surface area (Å²) >= 11 is 7.27. The first-order chi connectivity index (χ1) is 7.01. The first kappa shape index (κ1) is 11.4. The van der Waals surface area contributed by atoms with E-state index in [1.165, 1.54) is 15.6 Å². The maximum atomic E-state index is 12.1. The summed E-state index contributed by atoms with van der Waals surface area (Å²) in [6.07, 6.45) is 0. The third-order valence-electron chi connectivity index (χ3n) is 2.58. The van der Waals surface area contributed by atoms with Crippen molar-refractivity contribution in [1.82, 2.24) is 4.31 Å². The maximum absolute atomic E-state index is 12.1. The molecule has 0 bridgehead atoms. The van der Waals surface area contributed by atoms with E-state index in [1.54, 1.807) is 17.5 Å². The Morgan fingerprint density at radius 3 is 2.73 bits per heavy atom. The summed E-state index contributed by atoms with van der Waals surface area (Å²) in [7, 11) is -3.29. The van der Waals surface area contributed by atoms with Crippen LogP contribution in [0, 0.1) is 5.92 Å². The molecule has 0 aromatic carbocycles. The van der Waals surface area contributed by atoms with Gasteiger partial charge >= 0.3 is 0 Å². The second-order valence-corrected chi connectivity index (χ2v) is 7.42. The van der Waals surface area contributed by atoms with E-state index in [9.17, 15) is 8.42 Å². The molecule has 0 N–H and O–H groups in total. The number of nitrogens with zero attached hydrogens (tertiary/aromatic N) is 1. The quantitative estimate of drug-likeness (QED) is 0.767. The minimum absolute atomic E-state index is 0.0697. The smallest absolute Gasteiger partial charge is 0.206 e. The van der Waals surface area contributed by atoms with Crippen molar-refractivity contribution in [1.29, 1.82) is 0 Å². The lowest BCUT2D eigenvalue weighted by atomic mass is 10.2. The van der Waals surface area contributed by atoms with Gasteiger partial charge in [-0.2, -0.15) is 4.31 Å². The number of sulfonamides is 1. The summed E-state index contributed by atoms with van der Waals surface area (Å²) in [5.41, 5.74) is 0. The maximum Gasteiger partial charge on any atom is 0.252 e. The Morgan fingerprint density at radius 2 is 2.27 bits per heavy atom. The fourth-order valence-electron chi connectivity index (χ4n) is 1.62. The zero-order valence-electron chi connectivity index (χ0n) is 8.26. The van der Waals surface area contributed by atoms with Gasteiger partial charge in [0.05, 0.1) is 5.38 Å². The van der Waals surface area contributed by atoms with Crippen LogP contribution in [-0.2, 0) is 10.0 Å². The molecule has 0 radical (unpaired) electrons. The average Bonchev–Trinajstić information content (AvgIpc) is 2.77. The SMILES string of the molecule is CC1CN(S(=O)(=O)c2cccs2)CC1Cl. The molecule has 0 saturated carbocycles. The number of hydrogen-bond acceptors (Lipinski definition) is 3. The van der Waals surface area contributed by atoms with Crippen molar-refractivity contribution in [2.45, 2.75) is 16.5 Å². The molecule has 6 heteroatoms. The molecule has 0 spiro atoms. The van der Waals surface area contributed by atoms with Gasteiger partial charge in [-0.05, 0) is 17.4 Å². The van der Waals surface area contributed by atoms with Gasteiger partial charge in [0.2, 0.25) is 0 Å². The van der Waals surface area contributed by atoms with E-state index < -0.39 is 10.0 Å². The normalized spacial score (nSPS) is 28.4. The van der Waals surface area contributed by atoms with E-state index in [-0.39, 0.29) is 11.3 Å². The standard InChI is InChI=1S/C9H12ClNO2S2/c1-7-5-11(6-8(7)10)15(12,13)9-3-2-4-14-9/h2-4,7-8H,5-6H2,1H3. The highest BCUT2D eigenvalue weighted by Crippen LogP contribution is 2.29. The zero-order chi connectivity index (χ0) is 11.1. The largest absolute Gasteiger partial charge is 0.252 e. The first-order valence-electron chi connectivity index (χ1n) is 4.69. The summed E-state index contributed by atoms with van der Waals surface area (Å²) in [4.78, 5) is 0. The number of hydrogen-bond donors (Lipinski definition) is 0. The fraction of sp³-hybridized carbons (Fsp3) is 0.556. The summed E-state index contributed by atoms with van der Waals surface area (Å²) in [6.45, 7) is 2.92. The van der Waals surface area contributed by atoms with Gasteiger partial charge in [0.25, 0.3) is 10.0 Å². The van der Waals surface area contributed by atoms with Crippen molar-refractivity contribution in [3.05, 3.63) is 17.5 Å². The topological polar surface area (TPSA) is 37.4 Å². The second-order valence-electron chi connectivity index (χ2n) is 3.75. The third-order valence-corrected chi connectivity index (χ3v) is 6.35. The number of alkyl halides is 1. The molecular formula is C9H12ClNO2S2. The number of halogens is 1. The van der Waals surface area contributed by atoms with Crippen LogP contribution in [0.25, 0.3) is 0 Å². The van der Waals surface area contributed by atoms with Gasteiger partial charge in [-0.1, -0.05) is 13.0 Å². The number of thiophene rings is 1. The molecule has 2 unspecified atom stereocenters. The predicted molar refractivity (Wildman–Crippen MR) is 61.9 cm³/mol. The van der Waals surface area contributed by atoms with Crippen LogP contribution in [0.15, 0.2) is 21.7 Å². The van der Waals surface area contributed by atoms with Crippen LogP contribution in [0.1, 0.15) is 6.92 Å². The van der Waals surface area contributed by atoms with Gasteiger partial charge in [0.1, 0.15) is 4.21 Å². The van der Waals surface area contributed by atoms with Crippen molar-refractivity contribution >= 4 is 33.0 Å². The highest BCUT2D eigenvalue weighted by molar-refractivity contribution is 7.91. The molecule has 1 aromatic heterocycles. The summed E-state index contributed by atoms with van der Waals surface area (Å²) in [6, 6.07) is 3.38. The molecule has 1 aliphatic rings. The molecule has 2 heterocycles. The van der Waals surface area contributed by atoms with Crippen molar-refractivity contribution in [3.63, 3.8) is 0 Å². The summed E-state index contributed by atoms with van der Waals surface area (Å²) in [5.74, 6) is 0.224. The van der Waals surface area contributed by atoms with Crippen LogP contribution in [0.3, 0.4) is 0 Å². The van der Waals surface area contributed by atoms with Crippen molar-refractivity contribution < 1.29 is 8.42 Å². The lowest BCUT2D eigenvalue weighted by Crippen LogP contribution is -2.28. The molecular weight excluding hydrogens is 254 g/mol. The van der Waals surface area contributed by atoms with Crippen molar-refractivity contribution in [2.24, 2.45) is 5.92 Å². The van der Waals surface area contributed by atoms with Gasteiger partial charge in [0, 0.05) is 13.1 Å². The minimum Gasteiger partial charge on any atom is -0.206 e. The van der Waals surface area contributed by atoms with Crippen LogP contribution >= 0.6 is 22.9 Å². The molecule has 1 aliphatic heterocycles. The zero-order valence-corrected chi connectivity index (χ0v) is 10.6. The van der Waals surface area contributed by atoms with Crippen LogP contribution in [0.2, 0.25) is 0 Å². The van der Waals surface area contributed by atoms with Crippen LogP contribution in [-0.4, -0.2) is 31.2 Å². The van der Waals surface area contributed by atoms with E-state index in [1.807, 2.05) is 6.92 Å². The Labute approximate surface area is 98.7 Å². The Morgan fingerprint density at radius 1 is 1.53 bits per heavy atom. The lowest BCUT2D eigenvalue weighted by Gasteiger charge is -2.13. The monoisotopic (exact) mass is 265 g/mol. The Hall–Kier alpha value is -0.100. The van der Waals surface area contributed by atoms with E-state index in [2.05, 4.69) is 0 Å². The Kier molecular flexibility index (Phi) is 3.07. The van der Waals surface area contributed by atoms with Gasteiger partial charge in [-0.25, -0.2) is 8.42 Å². The molecule has 1 fully saturated rings. The van der Waals surface area contributed by atoms with Crippen LogP contribution in [0.4, 0.5) is 0 Å². The highest BCUT2D eigenvalue weighted by atomic mass is 35.5. The molecule has 0 amide bonds. The van der Waals surface area contributed by atoms with Gasteiger partial charge < -0.3 is 0 Å². The van der Waals surface area contributed by atoms with E-state index in [0.717, 1.165) is 0 Å². The average molecular weight is 266 g/mol. The predicted octanol–water partition coefficient (Wildman–Crippen LogP) is 2.00. The molecule has 2 rings (SSSR count). The molecule has 0 aliphatic carbocycles. The van der Waals surface area contributed by atoms with E-state index >= 15 is 0 Å². The molecule has 15 heavy (non-hydrogen) atoms. The number of rotatable bonds is 2. The fourth-order valence-corrected chi connectivity index (χ4v) is 4.66. The molecule has 3 nitrogen and oxygen atoms in total. The molecule has 1 saturated heterocycles. The van der Waals surface area contributed by atoms with Gasteiger partial charge in [-0.3, -0.25) is 0 Å². The van der Waals surface area contributed by atoms with Crippen molar-refractivity contribution in [2.75, 3.05) is 13.1 Å². The van der Waals surface area contributed by atoms with Gasteiger partial charge in [-0.15, -0.1) is 22.9 Å². The molecule has 2 atom stereocenters. The summed E-state index contributed by atoms with van der Waals surface area (Å²) in [5, 5.41) is 1.70. The highest BCUT2D eigenvalue weighted by Gasteiger charge is 2.36.